The average Bonchev–Trinajstić information content (AvgIpc) is 2.66. The maximum atomic E-state index is 10.6. The minimum Gasteiger partial charge on any atom is -0.475 e. The van der Waals surface area contributed by atoms with Gasteiger partial charge >= 0.3 is 5.97 Å². The number of carboxylic acid groups (broad SMARTS) is 1. The van der Waals surface area contributed by atoms with Gasteiger partial charge in [-0.2, -0.15) is 0 Å². The van der Waals surface area contributed by atoms with Crippen molar-refractivity contribution in [2.24, 2.45) is 5.92 Å². The summed E-state index contributed by atoms with van der Waals surface area (Å²) in [4.78, 5) is 10.6. The monoisotopic (exact) mass is 241 g/mol. The summed E-state index contributed by atoms with van der Waals surface area (Å²) in [6.07, 6.45) is 0. The Morgan fingerprint density at radius 2 is 2.18 bits per heavy atom. The molecular weight excluding hydrogens is 222 g/mol. The Morgan fingerprint density at radius 3 is 2.65 bits per heavy atom. The predicted octanol–water partition coefficient (Wildman–Crippen LogP) is 1.47. The first kappa shape index (κ1) is 13.7. The number of rotatable bonds is 6. The Bertz CT molecular complexity index is 382. The summed E-state index contributed by atoms with van der Waals surface area (Å²) in [7, 11) is 0. The van der Waals surface area contributed by atoms with Gasteiger partial charge in [-0.3, -0.25) is 0 Å². The highest BCUT2D eigenvalue weighted by Gasteiger charge is 2.24. The molecule has 17 heavy (non-hydrogen) atoms. The van der Waals surface area contributed by atoms with E-state index >= 15 is 0 Å². The molecule has 0 aromatic carbocycles. The van der Waals surface area contributed by atoms with Crippen LogP contribution in [0.15, 0.2) is 16.5 Å². The SMILES string of the molecule is CC(C)C(C)(O)CNCc1ccc(C(=O)O)o1. The number of carbonyl (C=O) groups is 1. The van der Waals surface area contributed by atoms with Gasteiger partial charge in [0.15, 0.2) is 0 Å². The number of nitrogens with one attached hydrogen (secondary N) is 1. The third-order valence-electron chi connectivity index (χ3n) is 2.90. The van der Waals surface area contributed by atoms with Crippen molar-refractivity contribution in [3.63, 3.8) is 0 Å². The van der Waals surface area contributed by atoms with Gasteiger partial charge in [0, 0.05) is 6.54 Å². The second-order valence-corrected chi connectivity index (χ2v) is 4.69. The number of hydrogen-bond acceptors (Lipinski definition) is 4. The third-order valence-corrected chi connectivity index (χ3v) is 2.90. The van der Waals surface area contributed by atoms with E-state index in [2.05, 4.69) is 5.32 Å². The number of aliphatic hydroxyl groups is 1. The van der Waals surface area contributed by atoms with E-state index in [9.17, 15) is 9.90 Å². The van der Waals surface area contributed by atoms with Crippen LogP contribution >= 0.6 is 0 Å². The zero-order valence-corrected chi connectivity index (χ0v) is 10.4. The lowest BCUT2D eigenvalue weighted by Gasteiger charge is -2.27. The normalized spacial score (nSPS) is 14.9. The molecule has 0 aliphatic rings. The fraction of sp³-hybridized carbons (Fsp3) is 0.583. The van der Waals surface area contributed by atoms with Gasteiger partial charge in [0.2, 0.25) is 5.76 Å². The molecule has 0 spiro atoms. The average molecular weight is 241 g/mol. The topological polar surface area (TPSA) is 82.7 Å². The summed E-state index contributed by atoms with van der Waals surface area (Å²) in [5.74, 6) is -0.467. The van der Waals surface area contributed by atoms with Crippen molar-refractivity contribution in [2.75, 3.05) is 6.54 Å². The molecule has 5 nitrogen and oxygen atoms in total. The first-order valence-corrected chi connectivity index (χ1v) is 5.58. The maximum Gasteiger partial charge on any atom is 0.371 e. The van der Waals surface area contributed by atoms with Crippen LogP contribution in [-0.2, 0) is 6.54 Å². The summed E-state index contributed by atoms with van der Waals surface area (Å²) in [6, 6.07) is 3.03. The van der Waals surface area contributed by atoms with E-state index in [0.29, 0.717) is 18.8 Å². The van der Waals surface area contributed by atoms with Crippen molar-refractivity contribution in [1.82, 2.24) is 5.32 Å². The third kappa shape index (κ3) is 3.87. The molecule has 0 saturated carbocycles. The summed E-state index contributed by atoms with van der Waals surface area (Å²) in [6.45, 7) is 6.47. The first-order valence-electron chi connectivity index (χ1n) is 5.58. The fourth-order valence-corrected chi connectivity index (χ4v) is 1.23. The molecule has 1 unspecified atom stereocenters. The van der Waals surface area contributed by atoms with Crippen LogP contribution in [0.1, 0.15) is 37.1 Å². The molecule has 1 atom stereocenters. The summed E-state index contributed by atoms with van der Waals surface area (Å²) >= 11 is 0. The van der Waals surface area contributed by atoms with Gasteiger partial charge in [0.25, 0.3) is 0 Å². The molecule has 5 heteroatoms. The first-order chi connectivity index (χ1) is 7.83. The van der Waals surface area contributed by atoms with Crippen molar-refractivity contribution < 1.29 is 19.4 Å². The highest BCUT2D eigenvalue weighted by atomic mass is 16.4. The maximum absolute atomic E-state index is 10.6. The van der Waals surface area contributed by atoms with E-state index in [0.717, 1.165) is 0 Å². The molecule has 1 heterocycles. The Morgan fingerprint density at radius 1 is 1.53 bits per heavy atom. The highest BCUT2D eigenvalue weighted by Crippen LogP contribution is 2.15. The van der Waals surface area contributed by atoms with E-state index < -0.39 is 11.6 Å². The Labute approximate surface area is 100 Å². The number of hydrogen-bond donors (Lipinski definition) is 3. The molecule has 0 radical (unpaired) electrons. The molecule has 0 fully saturated rings. The van der Waals surface area contributed by atoms with Crippen molar-refractivity contribution in [2.45, 2.75) is 32.9 Å². The minimum atomic E-state index is -1.08. The molecule has 1 aromatic heterocycles. The molecule has 0 aliphatic carbocycles. The molecule has 1 rings (SSSR count). The number of furan rings is 1. The van der Waals surface area contributed by atoms with Gasteiger partial charge in [0.05, 0.1) is 12.1 Å². The lowest BCUT2D eigenvalue weighted by molar-refractivity contribution is 0.0136. The van der Waals surface area contributed by atoms with E-state index in [1.165, 1.54) is 6.07 Å². The van der Waals surface area contributed by atoms with Crippen molar-refractivity contribution in [3.05, 3.63) is 23.7 Å². The lowest BCUT2D eigenvalue weighted by atomic mass is 9.92. The quantitative estimate of drug-likeness (QED) is 0.702. The Hall–Kier alpha value is -1.33. The number of aromatic carboxylic acids is 1. The van der Waals surface area contributed by atoms with Gasteiger partial charge in [-0.25, -0.2) is 4.79 Å². The molecule has 3 N–H and O–H groups in total. The summed E-state index contributed by atoms with van der Waals surface area (Å²) in [5.41, 5.74) is -0.789. The lowest BCUT2D eigenvalue weighted by Crippen LogP contribution is -2.41. The van der Waals surface area contributed by atoms with Crippen LogP contribution in [0.2, 0.25) is 0 Å². The van der Waals surface area contributed by atoms with Crippen LogP contribution in [0.5, 0.6) is 0 Å². The van der Waals surface area contributed by atoms with Crippen LogP contribution in [0.3, 0.4) is 0 Å². The van der Waals surface area contributed by atoms with Gasteiger partial charge < -0.3 is 19.9 Å². The van der Waals surface area contributed by atoms with Crippen LogP contribution in [0.4, 0.5) is 0 Å². The molecular formula is C12H19NO4. The van der Waals surface area contributed by atoms with Gasteiger partial charge in [-0.15, -0.1) is 0 Å². The molecule has 0 aliphatic heterocycles. The zero-order chi connectivity index (χ0) is 13.1. The molecule has 0 amide bonds. The molecule has 1 aromatic rings. The molecule has 0 saturated heterocycles. The largest absolute Gasteiger partial charge is 0.475 e. The highest BCUT2D eigenvalue weighted by molar-refractivity contribution is 5.84. The van der Waals surface area contributed by atoms with Gasteiger partial charge in [-0.05, 0) is 25.0 Å². The van der Waals surface area contributed by atoms with Crippen molar-refractivity contribution in [3.8, 4) is 0 Å². The van der Waals surface area contributed by atoms with E-state index in [1.807, 2.05) is 13.8 Å². The Balaban J connectivity index is 2.43. The molecule has 96 valence electrons. The summed E-state index contributed by atoms with van der Waals surface area (Å²) < 4.78 is 5.08. The summed E-state index contributed by atoms with van der Waals surface area (Å²) in [5, 5.41) is 21.7. The Kier molecular flexibility index (Phi) is 4.31. The second-order valence-electron chi connectivity index (χ2n) is 4.69. The van der Waals surface area contributed by atoms with E-state index in [4.69, 9.17) is 9.52 Å². The standard InChI is InChI=1S/C12H19NO4/c1-8(2)12(3,16)7-13-6-9-4-5-10(17-9)11(14)15/h4-5,8,13,16H,6-7H2,1-3H3,(H,14,15). The van der Waals surface area contributed by atoms with Gasteiger partial charge in [0.1, 0.15) is 5.76 Å². The van der Waals surface area contributed by atoms with Crippen molar-refractivity contribution >= 4 is 5.97 Å². The predicted molar refractivity (Wildman–Crippen MR) is 62.8 cm³/mol. The van der Waals surface area contributed by atoms with E-state index in [-0.39, 0.29) is 11.7 Å². The minimum absolute atomic E-state index is 0.0718. The van der Waals surface area contributed by atoms with Crippen LogP contribution < -0.4 is 5.32 Å². The van der Waals surface area contributed by atoms with Crippen LogP contribution in [0, 0.1) is 5.92 Å². The smallest absolute Gasteiger partial charge is 0.371 e. The zero-order valence-electron chi connectivity index (χ0n) is 10.4. The fourth-order valence-electron chi connectivity index (χ4n) is 1.23. The van der Waals surface area contributed by atoms with Crippen molar-refractivity contribution in [1.29, 1.82) is 0 Å². The van der Waals surface area contributed by atoms with E-state index in [1.54, 1.807) is 13.0 Å². The van der Waals surface area contributed by atoms with Gasteiger partial charge in [-0.1, -0.05) is 13.8 Å². The number of carboxylic acids is 1. The second kappa shape index (κ2) is 5.33. The molecule has 0 bridgehead atoms. The van der Waals surface area contributed by atoms with Crippen LogP contribution in [-0.4, -0.2) is 28.3 Å². The van der Waals surface area contributed by atoms with Crippen LogP contribution in [0.25, 0.3) is 0 Å².